The molecule has 1 saturated carbocycles. The van der Waals surface area contributed by atoms with Gasteiger partial charge in [0.2, 0.25) is 0 Å². The SMILES string of the molecule is CCCCCOc1ccc(C(CCC2(CCCCC)CCCCC2)CC2=CCCCC2)cc1F. The van der Waals surface area contributed by atoms with Gasteiger partial charge in [0.1, 0.15) is 0 Å². The van der Waals surface area contributed by atoms with Crippen molar-refractivity contribution >= 4 is 0 Å². The van der Waals surface area contributed by atoms with Crippen LogP contribution in [0.1, 0.15) is 147 Å². The largest absolute Gasteiger partial charge is 0.491 e. The highest BCUT2D eigenvalue weighted by molar-refractivity contribution is 5.32. The van der Waals surface area contributed by atoms with Crippen molar-refractivity contribution < 1.29 is 9.13 Å². The first-order chi connectivity index (χ1) is 16.7. The third kappa shape index (κ3) is 8.72. The van der Waals surface area contributed by atoms with Gasteiger partial charge >= 0.3 is 0 Å². The van der Waals surface area contributed by atoms with Gasteiger partial charge in [0.15, 0.2) is 11.6 Å². The molecule has 2 heteroatoms. The first kappa shape index (κ1) is 27.3. The predicted molar refractivity (Wildman–Crippen MR) is 144 cm³/mol. The van der Waals surface area contributed by atoms with Crippen molar-refractivity contribution in [2.24, 2.45) is 5.41 Å². The molecule has 1 aromatic carbocycles. The van der Waals surface area contributed by atoms with Crippen LogP contribution >= 0.6 is 0 Å². The Kier molecular flexibility index (Phi) is 12.0. The molecule has 0 bridgehead atoms. The maximum absolute atomic E-state index is 15.0. The lowest BCUT2D eigenvalue weighted by Crippen LogP contribution is -2.25. The van der Waals surface area contributed by atoms with Crippen LogP contribution in [0.3, 0.4) is 0 Å². The summed E-state index contributed by atoms with van der Waals surface area (Å²) in [5, 5.41) is 0. The smallest absolute Gasteiger partial charge is 0.165 e. The predicted octanol–water partition coefficient (Wildman–Crippen LogP) is 10.7. The van der Waals surface area contributed by atoms with Gasteiger partial charge < -0.3 is 4.74 Å². The van der Waals surface area contributed by atoms with Crippen molar-refractivity contribution in [2.45, 2.75) is 142 Å². The van der Waals surface area contributed by atoms with Crippen LogP contribution in [0.4, 0.5) is 4.39 Å². The van der Waals surface area contributed by atoms with Crippen molar-refractivity contribution in [1.29, 1.82) is 0 Å². The Bertz CT molecular complexity index is 731. The maximum atomic E-state index is 15.0. The molecule has 0 radical (unpaired) electrons. The van der Waals surface area contributed by atoms with E-state index >= 15 is 4.39 Å². The molecule has 1 atom stereocenters. The van der Waals surface area contributed by atoms with Gasteiger partial charge in [-0.15, -0.1) is 0 Å². The minimum Gasteiger partial charge on any atom is -0.491 e. The van der Waals surface area contributed by atoms with E-state index in [0.717, 1.165) is 25.7 Å². The average molecular weight is 471 g/mol. The van der Waals surface area contributed by atoms with E-state index in [1.165, 1.54) is 102 Å². The Hall–Kier alpha value is -1.31. The Morgan fingerprint density at radius 1 is 0.912 bits per heavy atom. The first-order valence-electron chi connectivity index (χ1n) is 14.8. The number of unbranched alkanes of at least 4 members (excludes halogenated alkanes) is 4. The normalized spacial score (nSPS) is 19.0. The topological polar surface area (TPSA) is 9.23 Å². The summed E-state index contributed by atoms with van der Waals surface area (Å²) in [6.45, 7) is 5.10. The Labute approximate surface area is 209 Å². The molecule has 0 N–H and O–H groups in total. The van der Waals surface area contributed by atoms with E-state index in [-0.39, 0.29) is 5.82 Å². The first-order valence-corrected chi connectivity index (χ1v) is 14.8. The summed E-state index contributed by atoms with van der Waals surface area (Å²) in [6, 6.07) is 5.86. The van der Waals surface area contributed by atoms with Crippen molar-refractivity contribution in [3.8, 4) is 5.75 Å². The minimum atomic E-state index is -0.174. The fraction of sp³-hybridized carbons (Fsp3) is 0.750. The van der Waals surface area contributed by atoms with Crippen LogP contribution in [0.15, 0.2) is 29.8 Å². The quantitative estimate of drug-likeness (QED) is 0.183. The highest BCUT2D eigenvalue weighted by Gasteiger charge is 2.32. The summed E-state index contributed by atoms with van der Waals surface area (Å²) in [5.41, 5.74) is 3.33. The van der Waals surface area contributed by atoms with E-state index < -0.39 is 0 Å². The van der Waals surface area contributed by atoms with E-state index in [4.69, 9.17) is 4.74 Å². The van der Waals surface area contributed by atoms with Crippen LogP contribution in [0.2, 0.25) is 0 Å². The summed E-state index contributed by atoms with van der Waals surface area (Å²) in [7, 11) is 0. The molecule has 1 fully saturated rings. The van der Waals surface area contributed by atoms with Crippen molar-refractivity contribution in [2.75, 3.05) is 6.61 Å². The van der Waals surface area contributed by atoms with Crippen molar-refractivity contribution in [3.63, 3.8) is 0 Å². The van der Waals surface area contributed by atoms with E-state index in [9.17, 15) is 0 Å². The molecule has 0 saturated heterocycles. The molecule has 0 aliphatic heterocycles. The van der Waals surface area contributed by atoms with Gasteiger partial charge in [-0.05, 0) is 99.7 Å². The number of benzene rings is 1. The molecule has 0 spiro atoms. The molecule has 2 aliphatic rings. The van der Waals surface area contributed by atoms with E-state index in [1.54, 1.807) is 11.6 Å². The van der Waals surface area contributed by atoms with Crippen LogP contribution in [0.5, 0.6) is 5.75 Å². The summed E-state index contributed by atoms with van der Waals surface area (Å²) in [4.78, 5) is 0. The molecule has 2 aliphatic carbocycles. The van der Waals surface area contributed by atoms with E-state index in [2.05, 4.69) is 26.0 Å². The fourth-order valence-electron chi connectivity index (χ4n) is 6.37. The molecule has 192 valence electrons. The van der Waals surface area contributed by atoms with E-state index in [0.29, 0.717) is 23.7 Å². The third-order valence-corrected chi connectivity index (χ3v) is 8.57. The second-order valence-electron chi connectivity index (χ2n) is 11.3. The maximum Gasteiger partial charge on any atom is 0.165 e. The summed E-state index contributed by atoms with van der Waals surface area (Å²) in [5.74, 6) is 0.684. The van der Waals surface area contributed by atoms with Gasteiger partial charge in [-0.3, -0.25) is 0 Å². The molecule has 0 heterocycles. The van der Waals surface area contributed by atoms with E-state index in [1.807, 2.05) is 6.07 Å². The second kappa shape index (κ2) is 14.9. The lowest BCUT2D eigenvalue weighted by Gasteiger charge is -2.39. The van der Waals surface area contributed by atoms with Gasteiger partial charge in [0.05, 0.1) is 6.61 Å². The monoisotopic (exact) mass is 470 g/mol. The van der Waals surface area contributed by atoms with Gasteiger partial charge in [-0.2, -0.15) is 0 Å². The standard InChI is InChI=1S/C32H51FO/c1-3-5-11-20-32(21-12-8-13-22-32)23-19-29(25-27-15-9-7-10-16-27)28-17-18-31(30(33)26-28)34-24-14-6-4-2/h15,17-18,26,29H,3-14,16,19-25H2,1-2H3. The minimum absolute atomic E-state index is 0.174. The Morgan fingerprint density at radius 2 is 1.71 bits per heavy atom. The number of allylic oxidation sites excluding steroid dienone is 2. The average Bonchev–Trinajstić information content (AvgIpc) is 2.87. The molecular weight excluding hydrogens is 419 g/mol. The summed E-state index contributed by atoms with van der Waals surface area (Å²) in [6.07, 6.45) is 27.0. The second-order valence-corrected chi connectivity index (χ2v) is 11.3. The van der Waals surface area contributed by atoms with Crippen LogP contribution in [0, 0.1) is 11.2 Å². The van der Waals surface area contributed by atoms with Crippen molar-refractivity contribution in [1.82, 2.24) is 0 Å². The zero-order chi connectivity index (χ0) is 24.1. The van der Waals surface area contributed by atoms with Crippen LogP contribution in [-0.4, -0.2) is 6.61 Å². The molecule has 3 rings (SSSR count). The molecule has 0 amide bonds. The number of rotatable bonds is 15. The third-order valence-electron chi connectivity index (χ3n) is 8.57. The summed E-state index contributed by atoms with van der Waals surface area (Å²) >= 11 is 0. The summed E-state index contributed by atoms with van der Waals surface area (Å²) < 4.78 is 20.8. The number of ether oxygens (including phenoxy) is 1. The zero-order valence-corrected chi connectivity index (χ0v) is 22.3. The fourth-order valence-corrected chi connectivity index (χ4v) is 6.37. The van der Waals surface area contributed by atoms with Crippen LogP contribution in [-0.2, 0) is 0 Å². The lowest BCUT2D eigenvalue weighted by molar-refractivity contribution is 0.144. The molecule has 0 aromatic heterocycles. The molecule has 1 unspecified atom stereocenters. The number of hydrogen-bond donors (Lipinski definition) is 0. The molecule has 34 heavy (non-hydrogen) atoms. The highest BCUT2D eigenvalue weighted by Crippen LogP contribution is 2.47. The van der Waals surface area contributed by atoms with Crippen LogP contribution in [0.25, 0.3) is 0 Å². The molecule has 1 aromatic rings. The van der Waals surface area contributed by atoms with Crippen LogP contribution < -0.4 is 4.74 Å². The highest BCUT2D eigenvalue weighted by atomic mass is 19.1. The van der Waals surface area contributed by atoms with Gasteiger partial charge in [0, 0.05) is 0 Å². The number of halogens is 1. The Morgan fingerprint density at radius 3 is 2.41 bits per heavy atom. The van der Waals surface area contributed by atoms with Gasteiger partial charge in [-0.1, -0.05) is 82.9 Å². The van der Waals surface area contributed by atoms with Crippen molar-refractivity contribution in [3.05, 3.63) is 41.2 Å². The zero-order valence-electron chi connectivity index (χ0n) is 22.3. The van der Waals surface area contributed by atoms with Gasteiger partial charge in [0.25, 0.3) is 0 Å². The number of hydrogen-bond acceptors (Lipinski definition) is 1. The molecular formula is C32H51FO. The van der Waals surface area contributed by atoms with Gasteiger partial charge in [-0.25, -0.2) is 4.39 Å². The Balaban J connectivity index is 1.71. The lowest BCUT2D eigenvalue weighted by atomic mass is 9.66. The molecule has 1 nitrogen and oxygen atoms in total.